The summed E-state index contributed by atoms with van der Waals surface area (Å²) in [6.07, 6.45) is 5.48. The average Bonchev–Trinajstić information content (AvgIpc) is 3.24. The molecule has 3 atom stereocenters. The van der Waals surface area contributed by atoms with Crippen LogP contribution in [0, 0.1) is 0 Å². The molecule has 1 aromatic carbocycles. The van der Waals surface area contributed by atoms with Gasteiger partial charge >= 0.3 is 0 Å². The molecular weight excluding hydrogens is 368 g/mol. The number of likely N-dealkylation sites (tertiary alicyclic amines) is 1. The number of benzene rings is 1. The van der Waals surface area contributed by atoms with Crippen LogP contribution in [0.5, 0.6) is 5.75 Å². The molecule has 7 nitrogen and oxygen atoms in total. The molecule has 0 saturated carbocycles. The van der Waals surface area contributed by atoms with E-state index in [1.807, 2.05) is 29.2 Å². The van der Waals surface area contributed by atoms with Crippen LogP contribution < -0.4 is 10.1 Å². The summed E-state index contributed by atoms with van der Waals surface area (Å²) in [5, 5.41) is 7.42. The molecule has 0 unspecified atom stereocenters. The van der Waals surface area contributed by atoms with Gasteiger partial charge < -0.3 is 15.0 Å². The van der Waals surface area contributed by atoms with Crippen molar-refractivity contribution in [3.63, 3.8) is 0 Å². The van der Waals surface area contributed by atoms with Gasteiger partial charge in [0.2, 0.25) is 5.91 Å². The number of aryl methyl sites for hydroxylation is 1. The number of amides is 2. The Morgan fingerprint density at radius 3 is 2.86 bits per heavy atom. The second-order valence-corrected chi connectivity index (χ2v) is 8.28. The number of fused-ring (bicyclic) bond motifs is 1. The minimum atomic E-state index is -0.473. The smallest absolute Gasteiger partial charge is 0.272 e. The molecule has 0 bridgehead atoms. The van der Waals surface area contributed by atoms with Crippen molar-refractivity contribution in [1.29, 1.82) is 0 Å². The zero-order valence-corrected chi connectivity index (χ0v) is 17.2. The molecular formula is C22H28N4O3. The summed E-state index contributed by atoms with van der Waals surface area (Å²) in [5.41, 5.74) is 1.09. The van der Waals surface area contributed by atoms with E-state index < -0.39 is 5.54 Å². The number of nitrogens with one attached hydrogen (secondary N) is 1. The summed E-state index contributed by atoms with van der Waals surface area (Å²) in [7, 11) is 3.42. The van der Waals surface area contributed by atoms with Crippen molar-refractivity contribution >= 4 is 11.8 Å². The topological polar surface area (TPSA) is 76.5 Å². The predicted octanol–water partition coefficient (Wildman–Crippen LogP) is 2.83. The lowest BCUT2D eigenvalue weighted by Crippen LogP contribution is -2.56. The van der Waals surface area contributed by atoms with Gasteiger partial charge in [0.1, 0.15) is 11.4 Å². The third-order valence-corrected chi connectivity index (χ3v) is 6.33. The monoisotopic (exact) mass is 396 g/mol. The van der Waals surface area contributed by atoms with E-state index in [1.54, 1.807) is 31.1 Å². The Labute approximate surface area is 171 Å². The van der Waals surface area contributed by atoms with E-state index in [1.165, 1.54) is 0 Å². The summed E-state index contributed by atoms with van der Waals surface area (Å²) < 4.78 is 7.03. The Kier molecular flexibility index (Phi) is 5.06. The first kappa shape index (κ1) is 19.5. The first-order chi connectivity index (χ1) is 13.9. The normalized spacial score (nSPS) is 27.0. The quantitative estimate of drug-likeness (QED) is 0.866. The van der Waals surface area contributed by atoms with E-state index in [-0.39, 0.29) is 23.9 Å². The fourth-order valence-corrected chi connectivity index (χ4v) is 4.88. The molecule has 7 heteroatoms. The minimum absolute atomic E-state index is 0.0543. The molecule has 0 spiro atoms. The van der Waals surface area contributed by atoms with Crippen LogP contribution in [0.15, 0.2) is 36.5 Å². The second-order valence-electron chi connectivity index (χ2n) is 8.28. The molecule has 154 valence electrons. The highest BCUT2D eigenvalue weighted by molar-refractivity contribution is 5.93. The van der Waals surface area contributed by atoms with E-state index in [4.69, 9.17) is 4.74 Å². The molecule has 29 heavy (non-hydrogen) atoms. The van der Waals surface area contributed by atoms with Crippen molar-refractivity contribution in [2.24, 2.45) is 7.05 Å². The molecule has 2 aliphatic heterocycles. The standard InChI is InChI=1S/C22H28N4O3/c1-22-14-18(15-7-6-8-16(13-15)29-3)26(21(28)17-11-12-23-25(17)2)19(22)9-4-5-10-20(27)24-22/h6-8,11-13,18-19H,4-5,9-10,14H2,1-3H3,(H,24,27)/t18-,19-,22-/m0/s1. The highest BCUT2D eigenvalue weighted by atomic mass is 16.5. The third kappa shape index (κ3) is 3.50. The molecule has 2 saturated heterocycles. The van der Waals surface area contributed by atoms with Crippen LogP contribution in [-0.4, -0.2) is 45.2 Å². The Bertz CT molecular complexity index is 924. The minimum Gasteiger partial charge on any atom is -0.497 e. The lowest BCUT2D eigenvalue weighted by atomic mass is 9.85. The lowest BCUT2D eigenvalue weighted by Gasteiger charge is -2.38. The number of carbonyl (C=O) groups is 2. The molecule has 2 aromatic rings. The molecule has 3 heterocycles. The summed E-state index contributed by atoms with van der Waals surface area (Å²) >= 11 is 0. The Morgan fingerprint density at radius 2 is 2.14 bits per heavy atom. The van der Waals surface area contributed by atoms with E-state index in [0.717, 1.165) is 30.6 Å². The molecule has 0 radical (unpaired) electrons. The maximum atomic E-state index is 13.7. The van der Waals surface area contributed by atoms with Crippen LogP contribution >= 0.6 is 0 Å². The van der Waals surface area contributed by atoms with Gasteiger partial charge in [-0.3, -0.25) is 14.3 Å². The van der Waals surface area contributed by atoms with Crippen molar-refractivity contribution < 1.29 is 14.3 Å². The van der Waals surface area contributed by atoms with Crippen LogP contribution in [-0.2, 0) is 11.8 Å². The SMILES string of the molecule is COc1cccc([C@@H]2C[C@]3(C)NC(=O)CCCC[C@@H]3N2C(=O)c2ccnn2C)c1. The fourth-order valence-electron chi connectivity index (χ4n) is 4.88. The molecule has 4 rings (SSSR count). The van der Waals surface area contributed by atoms with Gasteiger partial charge in [0.25, 0.3) is 5.91 Å². The molecule has 2 fully saturated rings. The maximum Gasteiger partial charge on any atom is 0.272 e. The van der Waals surface area contributed by atoms with Gasteiger partial charge in [0.05, 0.1) is 24.7 Å². The number of aromatic nitrogens is 2. The lowest BCUT2D eigenvalue weighted by molar-refractivity contribution is -0.123. The summed E-state index contributed by atoms with van der Waals surface area (Å²) in [6, 6.07) is 9.38. The van der Waals surface area contributed by atoms with Gasteiger partial charge in [-0.1, -0.05) is 18.6 Å². The first-order valence-electron chi connectivity index (χ1n) is 10.2. The van der Waals surface area contributed by atoms with Crippen molar-refractivity contribution in [2.75, 3.05) is 7.11 Å². The molecule has 1 aromatic heterocycles. The van der Waals surface area contributed by atoms with Crippen LogP contribution in [0.25, 0.3) is 0 Å². The van der Waals surface area contributed by atoms with Crippen LogP contribution in [0.3, 0.4) is 0 Å². The zero-order valence-electron chi connectivity index (χ0n) is 17.2. The maximum absolute atomic E-state index is 13.7. The van der Waals surface area contributed by atoms with Crippen molar-refractivity contribution in [3.05, 3.63) is 47.8 Å². The van der Waals surface area contributed by atoms with E-state index >= 15 is 0 Å². The number of hydrogen-bond acceptors (Lipinski definition) is 4. The van der Waals surface area contributed by atoms with Crippen LogP contribution in [0.1, 0.15) is 61.1 Å². The summed E-state index contributed by atoms with van der Waals surface area (Å²) in [4.78, 5) is 28.1. The van der Waals surface area contributed by atoms with Gasteiger partial charge in [-0.25, -0.2) is 0 Å². The predicted molar refractivity (Wildman–Crippen MR) is 109 cm³/mol. The van der Waals surface area contributed by atoms with Gasteiger partial charge in [-0.15, -0.1) is 0 Å². The van der Waals surface area contributed by atoms with Gasteiger partial charge in [-0.2, -0.15) is 5.10 Å². The molecule has 1 N–H and O–H groups in total. The van der Waals surface area contributed by atoms with Crippen molar-refractivity contribution in [3.8, 4) is 5.75 Å². The Morgan fingerprint density at radius 1 is 1.31 bits per heavy atom. The van der Waals surface area contributed by atoms with Crippen molar-refractivity contribution in [2.45, 2.75) is 56.7 Å². The summed E-state index contributed by atoms with van der Waals surface area (Å²) in [5.74, 6) is 0.770. The fraction of sp³-hybridized carbons (Fsp3) is 0.500. The number of carbonyl (C=O) groups excluding carboxylic acids is 2. The highest BCUT2D eigenvalue weighted by Crippen LogP contribution is 2.46. The van der Waals surface area contributed by atoms with Crippen LogP contribution in [0.4, 0.5) is 0 Å². The third-order valence-electron chi connectivity index (χ3n) is 6.33. The highest BCUT2D eigenvalue weighted by Gasteiger charge is 2.52. The van der Waals surface area contributed by atoms with Gasteiger partial charge in [-0.05, 0) is 49.9 Å². The van der Waals surface area contributed by atoms with Gasteiger partial charge in [0, 0.05) is 19.7 Å². The van der Waals surface area contributed by atoms with Crippen LogP contribution in [0.2, 0.25) is 0 Å². The Balaban J connectivity index is 1.79. The van der Waals surface area contributed by atoms with Gasteiger partial charge in [0.15, 0.2) is 0 Å². The molecule has 0 aliphatic carbocycles. The zero-order chi connectivity index (χ0) is 20.6. The number of nitrogens with zero attached hydrogens (tertiary/aromatic N) is 3. The second kappa shape index (κ2) is 7.54. The largest absolute Gasteiger partial charge is 0.497 e. The number of methoxy groups -OCH3 is 1. The number of hydrogen-bond donors (Lipinski definition) is 1. The summed E-state index contributed by atoms with van der Waals surface area (Å²) in [6.45, 7) is 2.07. The number of ether oxygens (including phenoxy) is 1. The van der Waals surface area contributed by atoms with E-state index in [9.17, 15) is 9.59 Å². The van der Waals surface area contributed by atoms with Crippen molar-refractivity contribution in [1.82, 2.24) is 20.0 Å². The van der Waals surface area contributed by atoms with E-state index in [0.29, 0.717) is 18.5 Å². The number of rotatable bonds is 3. The molecule has 2 amide bonds. The molecule has 2 aliphatic rings. The first-order valence-corrected chi connectivity index (χ1v) is 10.2. The Hall–Kier alpha value is -2.83. The average molecular weight is 396 g/mol. The van der Waals surface area contributed by atoms with E-state index in [2.05, 4.69) is 17.3 Å².